The summed E-state index contributed by atoms with van der Waals surface area (Å²) in [5.41, 5.74) is 3.29. The van der Waals surface area contributed by atoms with Gasteiger partial charge in [-0.2, -0.15) is 0 Å². The second-order valence-corrected chi connectivity index (χ2v) is 7.16. The Bertz CT molecular complexity index is 871. The van der Waals surface area contributed by atoms with Crippen molar-refractivity contribution in [3.63, 3.8) is 0 Å². The summed E-state index contributed by atoms with van der Waals surface area (Å²) < 4.78 is 1.20. The zero-order chi connectivity index (χ0) is 16.5. The van der Waals surface area contributed by atoms with E-state index in [0.717, 1.165) is 29.3 Å². The van der Waals surface area contributed by atoms with E-state index in [-0.39, 0.29) is 11.8 Å². The van der Waals surface area contributed by atoms with Gasteiger partial charge >= 0.3 is 0 Å². The van der Waals surface area contributed by atoms with Crippen molar-refractivity contribution in [1.29, 1.82) is 0 Å². The van der Waals surface area contributed by atoms with Crippen molar-refractivity contribution >= 4 is 32.6 Å². The lowest BCUT2D eigenvalue weighted by Gasteiger charge is -2.37. The van der Waals surface area contributed by atoms with Crippen molar-refractivity contribution in [3.8, 4) is 0 Å². The zero-order valence-corrected chi connectivity index (χ0v) is 14.2. The first-order valence-corrected chi connectivity index (χ1v) is 8.79. The standard InChI is InChI=1S/C18H18N4OS/c1-12-4-5-15-16(7-12)24-18(21-15)22-10-14(11-22)17(23)20-9-13-3-2-6-19-8-13/h2-8,14H,9-11H2,1H3,(H,20,23). The molecule has 6 heteroatoms. The zero-order valence-electron chi connectivity index (χ0n) is 13.4. The highest BCUT2D eigenvalue weighted by Gasteiger charge is 2.34. The maximum atomic E-state index is 12.2. The third-order valence-corrected chi connectivity index (χ3v) is 5.32. The number of hydrogen-bond acceptors (Lipinski definition) is 5. The molecule has 0 radical (unpaired) electrons. The lowest BCUT2D eigenvalue weighted by Crippen LogP contribution is -2.53. The third-order valence-electron chi connectivity index (χ3n) is 4.25. The maximum Gasteiger partial charge on any atom is 0.226 e. The Morgan fingerprint density at radius 2 is 2.25 bits per heavy atom. The van der Waals surface area contributed by atoms with E-state index in [4.69, 9.17) is 0 Å². The minimum absolute atomic E-state index is 0.0374. The molecule has 1 aromatic carbocycles. The summed E-state index contributed by atoms with van der Waals surface area (Å²) >= 11 is 1.69. The summed E-state index contributed by atoms with van der Waals surface area (Å²) in [4.78, 5) is 23.1. The molecule has 0 spiro atoms. The number of aryl methyl sites for hydroxylation is 1. The molecule has 0 bridgehead atoms. The van der Waals surface area contributed by atoms with Crippen LogP contribution in [0.4, 0.5) is 5.13 Å². The fraction of sp³-hybridized carbons (Fsp3) is 0.278. The van der Waals surface area contributed by atoms with E-state index < -0.39 is 0 Å². The molecule has 1 amide bonds. The maximum absolute atomic E-state index is 12.2. The number of benzene rings is 1. The van der Waals surface area contributed by atoms with Crippen molar-refractivity contribution in [2.24, 2.45) is 5.92 Å². The third kappa shape index (κ3) is 2.97. The average Bonchev–Trinajstić information content (AvgIpc) is 2.95. The van der Waals surface area contributed by atoms with Crippen LogP contribution in [0.5, 0.6) is 0 Å². The van der Waals surface area contributed by atoms with Gasteiger partial charge in [-0.05, 0) is 36.2 Å². The van der Waals surface area contributed by atoms with Gasteiger partial charge in [0.25, 0.3) is 0 Å². The van der Waals surface area contributed by atoms with Gasteiger partial charge in [-0.1, -0.05) is 23.5 Å². The Balaban J connectivity index is 1.34. The molecule has 0 aliphatic carbocycles. The number of fused-ring (bicyclic) bond motifs is 1. The first-order valence-electron chi connectivity index (χ1n) is 7.98. The molecule has 0 saturated carbocycles. The fourth-order valence-electron chi connectivity index (χ4n) is 2.79. The number of nitrogens with one attached hydrogen (secondary N) is 1. The molecule has 122 valence electrons. The highest BCUT2D eigenvalue weighted by molar-refractivity contribution is 7.22. The Morgan fingerprint density at radius 1 is 1.38 bits per heavy atom. The molecule has 5 nitrogen and oxygen atoms in total. The van der Waals surface area contributed by atoms with Gasteiger partial charge in [0.05, 0.1) is 16.1 Å². The van der Waals surface area contributed by atoms with Gasteiger partial charge < -0.3 is 10.2 Å². The van der Waals surface area contributed by atoms with Gasteiger partial charge in [0.15, 0.2) is 5.13 Å². The summed E-state index contributed by atoms with van der Waals surface area (Å²) in [5.74, 6) is 0.141. The number of pyridine rings is 1. The van der Waals surface area contributed by atoms with E-state index in [1.807, 2.05) is 12.1 Å². The van der Waals surface area contributed by atoms with Crippen LogP contribution in [0.3, 0.4) is 0 Å². The number of thiazole rings is 1. The molecule has 1 aliphatic rings. The smallest absolute Gasteiger partial charge is 0.226 e. The van der Waals surface area contributed by atoms with E-state index in [9.17, 15) is 4.79 Å². The van der Waals surface area contributed by atoms with Crippen LogP contribution in [0.25, 0.3) is 10.2 Å². The van der Waals surface area contributed by atoms with Crippen molar-refractivity contribution in [1.82, 2.24) is 15.3 Å². The Morgan fingerprint density at radius 3 is 3.04 bits per heavy atom. The van der Waals surface area contributed by atoms with Crippen molar-refractivity contribution in [3.05, 3.63) is 53.9 Å². The van der Waals surface area contributed by atoms with Crippen LogP contribution in [0, 0.1) is 12.8 Å². The second kappa shape index (κ2) is 6.20. The summed E-state index contributed by atoms with van der Waals surface area (Å²) in [7, 11) is 0. The number of nitrogens with zero attached hydrogens (tertiary/aromatic N) is 3. The molecule has 1 N–H and O–H groups in total. The average molecular weight is 338 g/mol. The van der Waals surface area contributed by atoms with Gasteiger partial charge in [0.2, 0.25) is 5.91 Å². The molecular formula is C18H18N4OS. The van der Waals surface area contributed by atoms with Crippen LogP contribution in [0.1, 0.15) is 11.1 Å². The Kier molecular flexibility index (Phi) is 3.90. The van der Waals surface area contributed by atoms with Crippen LogP contribution < -0.4 is 10.2 Å². The number of carbonyl (C=O) groups is 1. The quantitative estimate of drug-likeness (QED) is 0.795. The van der Waals surface area contributed by atoms with E-state index in [0.29, 0.717) is 6.54 Å². The molecule has 3 aromatic rings. The molecule has 24 heavy (non-hydrogen) atoms. The number of hydrogen-bond donors (Lipinski definition) is 1. The van der Waals surface area contributed by atoms with Crippen LogP contribution in [0.15, 0.2) is 42.7 Å². The minimum Gasteiger partial charge on any atom is -0.352 e. The predicted octanol–water partition coefficient (Wildman–Crippen LogP) is 2.75. The molecule has 1 saturated heterocycles. The summed E-state index contributed by atoms with van der Waals surface area (Å²) in [5, 5.41) is 3.99. The van der Waals surface area contributed by atoms with Crippen LogP contribution in [0.2, 0.25) is 0 Å². The number of carbonyl (C=O) groups excluding carboxylic acids is 1. The summed E-state index contributed by atoms with van der Waals surface area (Å²) in [6, 6.07) is 10.1. The second-order valence-electron chi connectivity index (χ2n) is 6.15. The van der Waals surface area contributed by atoms with E-state index in [2.05, 4.69) is 45.3 Å². The first kappa shape index (κ1) is 15.1. The summed E-state index contributed by atoms with van der Waals surface area (Å²) in [6.07, 6.45) is 3.51. The molecule has 0 unspecified atom stereocenters. The largest absolute Gasteiger partial charge is 0.352 e. The molecule has 1 fully saturated rings. The molecule has 0 atom stereocenters. The van der Waals surface area contributed by atoms with Crippen LogP contribution in [-0.4, -0.2) is 29.0 Å². The molecule has 4 rings (SSSR count). The predicted molar refractivity (Wildman–Crippen MR) is 96.1 cm³/mol. The molecule has 3 heterocycles. The Labute approximate surface area is 144 Å². The lowest BCUT2D eigenvalue weighted by molar-refractivity contribution is -0.125. The highest BCUT2D eigenvalue weighted by atomic mass is 32.1. The number of anilines is 1. The Hall–Kier alpha value is -2.47. The monoisotopic (exact) mass is 338 g/mol. The first-order chi connectivity index (χ1) is 11.7. The number of rotatable bonds is 4. The number of aromatic nitrogens is 2. The van der Waals surface area contributed by atoms with E-state index in [1.165, 1.54) is 10.3 Å². The molecular weight excluding hydrogens is 320 g/mol. The topological polar surface area (TPSA) is 58.1 Å². The van der Waals surface area contributed by atoms with E-state index >= 15 is 0 Å². The van der Waals surface area contributed by atoms with Crippen LogP contribution >= 0.6 is 11.3 Å². The van der Waals surface area contributed by atoms with Crippen molar-refractivity contribution < 1.29 is 4.79 Å². The summed E-state index contributed by atoms with van der Waals surface area (Å²) in [6.45, 7) is 4.09. The minimum atomic E-state index is 0.0374. The molecule has 1 aliphatic heterocycles. The normalized spacial score (nSPS) is 14.6. The number of amides is 1. The van der Waals surface area contributed by atoms with Gasteiger partial charge in [0.1, 0.15) is 0 Å². The van der Waals surface area contributed by atoms with Gasteiger partial charge in [-0.25, -0.2) is 4.98 Å². The van der Waals surface area contributed by atoms with Gasteiger partial charge in [-0.3, -0.25) is 9.78 Å². The van der Waals surface area contributed by atoms with Crippen molar-refractivity contribution in [2.45, 2.75) is 13.5 Å². The van der Waals surface area contributed by atoms with Crippen molar-refractivity contribution in [2.75, 3.05) is 18.0 Å². The van der Waals surface area contributed by atoms with E-state index in [1.54, 1.807) is 23.7 Å². The van der Waals surface area contributed by atoms with Gasteiger partial charge in [-0.15, -0.1) is 0 Å². The van der Waals surface area contributed by atoms with Gasteiger partial charge in [0, 0.05) is 32.0 Å². The lowest BCUT2D eigenvalue weighted by atomic mass is 10.00. The molecule has 2 aromatic heterocycles. The fourth-order valence-corrected chi connectivity index (χ4v) is 3.87. The van der Waals surface area contributed by atoms with Crippen LogP contribution in [-0.2, 0) is 11.3 Å². The SMILES string of the molecule is Cc1ccc2nc(N3CC(C(=O)NCc4cccnc4)C3)sc2c1. The highest BCUT2D eigenvalue weighted by Crippen LogP contribution is 2.33.